The minimum absolute atomic E-state index is 0.114. The highest BCUT2D eigenvalue weighted by molar-refractivity contribution is 6.23. The standard InChI is InChI=1S/C15H11NO5/c17-13-11-9-5-6-10(21-9)12(11)14(18)16(13)8-3-1-7(2-4-8)15(19)20/h1-6,9-12H,(H,19,20)/t9-,10+,11-,12-/m0/s1. The first-order chi connectivity index (χ1) is 10.1. The van der Waals surface area contributed by atoms with Gasteiger partial charge in [0.05, 0.1) is 35.3 Å². The van der Waals surface area contributed by atoms with E-state index in [-0.39, 0.29) is 29.6 Å². The molecule has 4 atom stereocenters. The Kier molecular flexibility index (Phi) is 2.35. The molecule has 2 saturated heterocycles. The van der Waals surface area contributed by atoms with Gasteiger partial charge in [0.15, 0.2) is 0 Å². The van der Waals surface area contributed by atoms with Crippen LogP contribution < -0.4 is 4.90 Å². The molecule has 6 heteroatoms. The van der Waals surface area contributed by atoms with Crippen LogP contribution >= 0.6 is 0 Å². The van der Waals surface area contributed by atoms with Gasteiger partial charge in [-0.15, -0.1) is 0 Å². The molecule has 2 amide bonds. The normalized spacial score (nSPS) is 32.9. The number of hydrogen-bond donors (Lipinski definition) is 1. The van der Waals surface area contributed by atoms with Crippen LogP contribution in [-0.4, -0.2) is 35.1 Å². The van der Waals surface area contributed by atoms with Gasteiger partial charge in [-0.1, -0.05) is 12.2 Å². The summed E-state index contributed by atoms with van der Waals surface area (Å²) in [5, 5.41) is 8.88. The van der Waals surface area contributed by atoms with Crippen LogP contribution in [0.5, 0.6) is 0 Å². The number of anilines is 1. The fraction of sp³-hybridized carbons (Fsp3) is 0.267. The van der Waals surface area contributed by atoms with Crippen molar-refractivity contribution in [2.24, 2.45) is 11.8 Å². The highest BCUT2D eigenvalue weighted by Crippen LogP contribution is 2.46. The first kappa shape index (κ1) is 12.3. The zero-order chi connectivity index (χ0) is 14.7. The number of carbonyl (C=O) groups excluding carboxylic acids is 2. The Bertz CT molecular complexity index is 663. The summed E-state index contributed by atoms with van der Waals surface area (Å²) < 4.78 is 5.56. The van der Waals surface area contributed by atoms with E-state index in [4.69, 9.17) is 9.84 Å². The van der Waals surface area contributed by atoms with E-state index in [1.807, 2.05) is 12.2 Å². The average molecular weight is 285 g/mol. The predicted octanol–water partition coefficient (Wildman–Crippen LogP) is 0.828. The van der Waals surface area contributed by atoms with Crippen molar-refractivity contribution in [3.05, 3.63) is 42.0 Å². The number of amides is 2. The lowest BCUT2D eigenvalue weighted by atomic mass is 9.85. The van der Waals surface area contributed by atoms with Gasteiger partial charge in [-0.25, -0.2) is 9.69 Å². The van der Waals surface area contributed by atoms with Gasteiger partial charge in [-0.3, -0.25) is 9.59 Å². The van der Waals surface area contributed by atoms with Crippen LogP contribution in [-0.2, 0) is 14.3 Å². The number of nitrogens with zero attached hydrogens (tertiary/aromatic N) is 1. The largest absolute Gasteiger partial charge is 0.478 e. The van der Waals surface area contributed by atoms with Gasteiger partial charge >= 0.3 is 5.97 Å². The van der Waals surface area contributed by atoms with Crippen molar-refractivity contribution in [1.29, 1.82) is 0 Å². The minimum Gasteiger partial charge on any atom is -0.478 e. The molecule has 2 bridgehead atoms. The molecule has 0 unspecified atom stereocenters. The molecular weight excluding hydrogens is 274 g/mol. The molecule has 1 aromatic rings. The maximum Gasteiger partial charge on any atom is 0.335 e. The third-order valence-corrected chi connectivity index (χ3v) is 4.28. The van der Waals surface area contributed by atoms with E-state index in [1.54, 1.807) is 0 Å². The van der Waals surface area contributed by atoms with Crippen LogP contribution in [0.15, 0.2) is 36.4 Å². The minimum atomic E-state index is -1.05. The summed E-state index contributed by atoms with van der Waals surface area (Å²) in [7, 11) is 0. The van der Waals surface area contributed by atoms with Crippen LogP contribution in [0, 0.1) is 11.8 Å². The Morgan fingerprint density at radius 1 is 1.00 bits per heavy atom. The topological polar surface area (TPSA) is 83.9 Å². The maximum atomic E-state index is 12.5. The second-order valence-electron chi connectivity index (χ2n) is 5.37. The number of benzene rings is 1. The van der Waals surface area contributed by atoms with Gasteiger partial charge in [-0.05, 0) is 24.3 Å². The van der Waals surface area contributed by atoms with Crippen molar-refractivity contribution >= 4 is 23.5 Å². The van der Waals surface area contributed by atoms with E-state index < -0.39 is 17.8 Å². The van der Waals surface area contributed by atoms with Crippen LogP contribution in [0.25, 0.3) is 0 Å². The lowest BCUT2D eigenvalue weighted by Crippen LogP contribution is -2.34. The summed E-state index contributed by atoms with van der Waals surface area (Å²) in [6, 6.07) is 5.73. The van der Waals surface area contributed by atoms with Crippen molar-refractivity contribution in [1.82, 2.24) is 0 Å². The van der Waals surface area contributed by atoms with E-state index >= 15 is 0 Å². The Balaban J connectivity index is 1.69. The SMILES string of the molecule is O=C(O)c1ccc(N2C(=O)[C@@H]3[C@@H](C2=O)[C@H]2C=C[C@@H]3O2)cc1. The van der Waals surface area contributed by atoms with Crippen LogP contribution in [0.3, 0.4) is 0 Å². The molecule has 0 aromatic heterocycles. The quantitative estimate of drug-likeness (QED) is 0.642. The van der Waals surface area contributed by atoms with E-state index in [2.05, 4.69) is 0 Å². The lowest BCUT2D eigenvalue weighted by Gasteiger charge is -2.17. The third-order valence-electron chi connectivity index (χ3n) is 4.28. The van der Waals surface area contributed by atoms with E-state index in [1.165, 1.54) is 24.3 Å². The number of ether oxygens (including phenoxy) is 1. The number of fused-ring (bicyclic) bond motifs is 5. The van der Waals surface area contributed by atoms with E-state index in [0.717, 1.165) is 4.90 Å². The van der Waals surface area contributed by atoms with E-state index in [9.17, 15) is 14.4 Å². The van der Waals surface area contributed by atoms with Gasteiger partial charge in [0.2, 0.25) is 11.8 Å². The summed E-state index contributed by atoms with van der Waals surface area (Å²) in [6.07, 6.45) is 3.02. The van der Waals surface area contributed by atoms with Crippen LogP contribution in [0.4, 0.5) is 5.69 Å². The van der Waals surface area contributed by atoms with Crippen LogP contribution in [0.2, 0.25) is 0 Å². The molecule has 0 radical (unpaired) electrons. The molecule has 1 aromatic carbocycles. The molecule has 4 rings (SSSR count). The maximum absolute atomic E-state index is 12.5. The lowest BCUT2D eigenvalue weighted by molar-refractivity contribution is -0.124. The Labute approximate surface area is 119 Å². The average Bonchev–Trinajstić information content (AvgIpc) is 3.13. The van der Waals surface area contributed by atoms with Gasteiger partial charge in [-0.2, -0.15) is 0 Å². The predicted molar refractivity (Wildman–Crippen MR) is 70.7 cm³/mol. The molecule has 3 aliphatic rings. The Morgan fingerprint density at radius 2 is 1.52 bits per heavy atom. The van der Waals surface area contributed by atoms with Gasteiger partial charge in [0.1, 0.15) is 0 Å². The molecule has 0 aliphatic carbocycles. The molecule has 3 aliphatic heterocycles. The summed E-state index contributed by atoms with van der Waals surface area (Å²) in [5.41, 5.74) is 0.520. The number of aromatic carboxylic acids is 1. The Morgan fingerprint density at radius 3 is 2.00 bits per heavy atom. The molecule has 21 heavy (non-hydrogen) atoms. The molecule has 2 fully saturated rings. The molecule has 0 spiro atoms. The number of carboxylic acid groups (broad SMARTS) is 1. The molecule has 0 saturated carbocycles. The third kappa shape index (κ3) is 1.53. The van der Waals surface area contributed by atoms with Crippen molar-refractivity contribution < 1.29 is 24.2 Å². The van der Waals surface area contributed by atoms with Crippen LogP contribution in [0.1, 0.15) is 10.4 Å². The molecule has 1 N–H and O–H groups in total. The first-order valence-electron chi connectivity index (χ1n) is 6.63. The number of rotatable bonds is 2. The molecule has 3 heterocycles. The fourth-order valence-electron chi connectivity index (χ4n) is 3.31. The number of carbonyl (C=O) groups is 3. The van der Waals surface area contributed by atoms with Crippen molar-refractivity contribution in [2.45, 2.75) is 12.2 Å². The molecule has 106 valence electrons. The summed E-state index contributed by atoms with van der Waals surface area (Å²) in [5.74, 6) is -2.50. The zero-order valence-electron chi connectivity index (χ0n) is 10.8. The van der Waals surface area contributed by atoms with Gasteiger partial charge in [0.25, 0.3) is 0 Å². The first-order valence-corrected chi connectivity index (χ1v) is 6.63. The molecular formula is C15H11NO5. The van der Waals surface area contributed by atoms with Gasteiger partial charge in [0, 0.05) is 0 Å². The number of carboxylic acids is 1. The van der Waals surface area contributed by atoms with E-state index in [0.29, 0.717) is 5.69 Å². The van der Waals surface area contributed by atoms with Crippen molar-refractivity contribution in [3.63, 3.8) is 0 Å². The highest BCUT2D eigenvalue weighted by Gasteiger charge is 2.60. The summed E-state index contributed by atoms with van der Waals surface area (Å²) >= 11 is 0. The van der Waals surface area contributed by atoms with Crippen molar-refractivity contribution in [3.8, 4) is 0 Å². The fourth-order valence-corrected chi connectivity index (χ4v) is 3.31. The summed E-state index contributed by atoms with van der Waals surface area (Å²) in [4.78, 5) is 37.0. The second kappa shape index (κ2) is 4.02. The number of imide groups is 1. The van der Waals surface area contributed by atoms with Crippen molar-refractivity contribution in [2.75, 3.05) is 4.90 Å². The number of hydrogen-bond acceptors (Lipinski definition) is 4. The summed E-state index contributed by atoms with van der Waals surface area (Å²) in [6.45, 7) is 0. The highest BCUT2D eigenvalue weighted by atomic mass is 16.5. The smallest absolute Gasteiger partial charge is 0.335 e. The Hall–Kier alpha value is -2.47. The van der Waals surface area contributed by atoms with Gasteiger partial charge < -0.3 is 9.84 Å². The zero-order valence-corrected chi connectivity index (χ0v) is 10.8. The second-order valence-corrected chi connectivity index (χ2v) is 5.37. The molecule has 6 nitrogen and oxygen atoms in total. The monoisotopic (exact) mass is 285 g/mol.